The van der Waals surface area contributed by atoms with Crippen molar-refractivity contribution in [1.82, 2.24) is 9.97 Å². The Kier molecular flexibility index (Phi) is 4.93. The number of fused-ring (bicyclic) bond motifs is 1. The molecule has 1 atom stereocenters. The molecule has 0 saturated heterocycles. The third kappa shape index (κ3) is 3.47. The second-order valence-corrected chi connectivity index (χ2v) is 7.23. The average molecular weight is 415 g/mol. The third-order valence-corrected chi connectivity index (χ3v) is 4.67. The molecule has 2 heterocycles. The monoisotopic (exact) mass is 415 g/mol. The minimum absolute atomic E-state index is 0.00354. The first-order valence-electron chi connectivity index (χ1n) is 8.50. The molecule has 5 N–H and O–H groups in total. The Bertz CT molecular complexity index is 1070. The van der Waals surface area contributed by atoms with Crippen LogP contribution in [0, 0.1) is 11.6 Å². The van der Waals surface area contributed by atoms with Gasteiger partial charge in [-0.3, -0.25) is 0 Å². The van der Waals surface area contributed by atoms with Gasteiger partial charge in [-0.15, -0.1) is 0 Å². The van der Waals surface area contributed by atoms with E-state index in [4.69, 9.17) is 5.73 Å². The largest absolute Gasteiger partial charge is 0.424 e. The van der Waals surface area contributed by atoms with Gasteiger partial charge in [0.15, 0.2) is 5.82 Å². The molecule has 5 nitrogen and oxygen atoms in total. The summed E-state index contributed by atoms with van der Waals surface area (Å²) in [6, 6.07) is 6.01. The third-order valence-electron chi connectivity index (χ3n) is 4.67. The van der Waals surface area contributed by atoms with Gasteiger partial charge in [-0.05, 0) is 32.0 Å². The lowest BCUT2D eigenvalue weighted by atomic mass is 9.91. The molecule has 3 rings (SSSR count). The van der Waals surface area contributed by atoms with E-state index in [0.29, 0.717) is 11.5 Å². The molecule has 0 aliphatic heterocycles. The molecule has 0 radical (unpaired) electrons. The molecule has 2 aromatic heterocycles. The normalized spacial score (nSPS) is 15.0. The maximum atomic E-state index is 15.1. The average Bonchev–Trinajstić information content (AvgIpc) is 3.04. The maximum absolute atomic E-state index is 15.1. The number of nitrogens with zero attached hydrogens (tertiary/aromatic N) is 1. The highest BCUT2D eigenvalue weighted by atomic mass is 19.4. The van der Waals surface area contributed by atoms with Crippen LogP contribution >= 0.6 is 0 Å². The SMILES string of the molecule is CC(C)(O)c1cc([C@@](O)(CN)C(F)(F)F)nc(-c2cc3cccc(F)c3[nH]2)c1F. The van der Waals surface area contributed by atoms with Crippen molar-refractivity contribution in [3.63, 3.8) is 0 Å². The molecule has 3 aromatic rings. The molecule has 0 unspecified atom stereocenters. The Morgan fingerprint density at radius 1 is 1.10 bits per heavy atom. The lowest BCUT2D eigenvalue weighted by molar-refractivity contribution is -0.263. The molecule has 0 saturated carbocycles. The standard InChI is InChI=1S/C19H18F5N3O2/c1-17(2,28)10-7-13(18(29,8-25)19(22,23)24)27-16(14(10)21)12-6-9-4-3-5-11(20)15(9)26-12/h3-7,26,28-29H,8,25H2,1-2H3/t18-/m0/s1. The second kappa shape index (κ2) is 6.75. The number of pyridine rings is 1. The van der Waals surface area contributed by atoms with E-state index >= 15 is 4.39 Å². The Morgan fingerprint density at radius 3 is 2.28 bits per heavy atom. The summed E-state index contributed by atoms with van der Waals surface area (Å²) in [5.41, 5.74) is -2.58. The maximum Gasteiger partial charge on any atom is 0.424 e. The molecule has 0 aliphatic carbocycles. The highest BCUT2D eigenvalue weighted by Crippen LogP contribution is 2.40. The number of hydrogen-bond donors (Lipinski definition) is 4. The topological polar surface area (TPSA) is 95.2 Å². The molecular weight excluding hydrogens is 397 g/mol. The van der Waals surface area contributed by atoms with E-state index in [9.17, 15) is 27.8 Å². The van der Waals surface area contributed by atoms with Crippen molar-refractivity contribution in [3.8, 4) is 11.4 Å². The van der Waals surface area contributed by atoms with Gasteiger partial charge in [0.05, 0.1) is 22.5 Å². The van der Waals surface area contributed by atoms with Crippen LogP contribution < -0.4 is 5.73 Å². The van der Waals surface area contributed by atoms with E-state index in [-0.39, 0.29) is 11.2 Å². The molecule has 0 bridgehead atoms. The van der Waals surface area contributed by atoms with Crippen molar-refractivity contribution >= 4 is 10.9 Å². The van der Waals surface area contributed by atoms with Crippen LogP contribution in [0.5, 0.6) is 0 Å². The first kappa shape index (κ1) is 21.2. The number of aromatic nitrogens is 2. The van der Waals surface area contributed by atoms with Gasteiger partial charge in [-0.1, -0.05) is 12.1 Å². The number of H-pyrrole nitrogens is 1. The first-order chi connectivity index (χ1) is 13.3. The van der Waals surface area contributed by atoms with Crippen molar-refractivity contribution in [2.24, 2.45) is 5.73 Å². The summed E-state index contributed by atoms with van der Waals surface area (Å²) in [4.78, 5) is 6.24. The summed E-state index contributed by atoms with van der Waals surface area (Å²) < 4.78 is 69.6. The van der Waals surface area contributed by atoms with Crippen molar-refractivity contribution in [2.75, 3.05) is 6.54 Å². The fourth-order valence-corrected chi connectivity index (χ4v) is 2.98. The lowest BCUT2D eigenvalue weighted by Crippen LogP contribution is -2.49. The Balaban J connectivity index is 2.35. The van der Waals surface area contributed by atoms with E-state index < -0.39 is 52.5 Å². The molecule has 0 amide bonds. The van der Waals surface area contributed by atoms with Crippen LogP contribution in [-0.2, 0) is 11.2 Å². The van der Waals surface area contributed by atoms with Crippen molar-refractivity contribution in [1.29, 1.82) is 0 Å². The quantitative estimate of drug-likeness (QED) is 0.491. The summed E-state index contributed by atoms with van der Waals surface area (Å²) in [5.74, 6) is -1.77. The van der Waals surface area contributed by atoms with E-state index in [2.05, 4.69) is 9.97 Å². The predicted octanol–water partition coefficient (Wildman–Crippen LogP) is 3.44. The van der Waals surface area contributed by atoms with Crippen LogP contribution in [0.3, 0.4) is 0 Å². The van der Waals surface area contributed by atoms with Gasteiger partial charge in [0.1, 0.15) is 11.5 Å². The first-order valence-corrected chi connectivity index (χ1v) is 8.50. The molecule has 29 heavy (non-hydrogen) atoms. The van der Waals surface area contributed by atoms with Crippen LogP contribution in [0.25, 0.3) is 22.3 Å². The lowest BCUT2D eigenvalue weighted by Gasteiger charge is -2.30. The predicted molar refractivity (Wildman–Crippen MR) is 95.7 cm³/mol. The number of alkyl halides is 3. The molecular formula is C19H18F5N3O2. The van der Waals surface area contributed by atoms with Gasteiger partial charge < -0.3 is 20.9 Å². The minimum Gasteiger partial charge on any atom is -0.386 e. The Morgan fingerprint density at radius 2 is 1.76 bits per heavy atom. The number of aliphatic hydroxyl groups is 2. The van der Waals surface area contributed by atoms with Gasteiger partial charge in [0.25, 0.3) is 0 Å². The Labute approximate surface area is 162 Å². The number of nitrogens with two attached hydrogens (primary N) is 1. The van der Waals surface area contributed by atoms with Crippen LogP contribution in [0.1, 0.15) is 25.1 Å². The molecule has 0 spiro atoms. The summed E-state index contributed by atoms with van der Waals surface area (Å²) in [7, 11) is 0. The highest BCUT2D eigenvalue weighted by Gasteiger charge is 2.56. The molecule has 0 aliphatic rings. The number of aromatic amines is 1. The van der Waals surface area contributed by atoms with Gasteiger partial charge in [0.2, 0.25) is 5.60 Å². The summed E-state index contributed by atoms with van der Waals surface area (Å²) in [6.45, 7) is 1.05. The fraction of sp³-hybridized carbons (Fsp3) is 0.316. The zero-order valence-electron chi connectivity index (χ0n) is 15.4. The van der Waals surface area contributed by atoms with E-state index in [1.54, 1.807) is 0 Å². The van der Waals surface area contributed by atoms with Crippen molar-refractivity contribution < 1.29 is 32.2 Å². The smallest absolute Gasteiger partial charge is 0.386 e. The summed E-state index contributed by atoms with van der Waals surface area (Å²) in [6.07, 6.45) is -5.22. The second-order valence-electron chi connectivity index (χ2n) is 7.23. The molecule has 1 aromatic carbocycles. The van der Waals surface area contributed by atoms with Crippen LogP contribution in [0.15, 0.2) is 30.3 Å². The van der Waals surface area contributed by atoms with Crippen molar-refractivity contribution in [3.05, 3.63) is 53.2 Å². The number of nitrogens with one attached hydrogen (secondary N) is 1. The summed E-state index contributed by atoms with van der Waals surface area (Å²) in [5, 5.41) is 20.8. The van der Waals surface area contributed by atoms with Gasteiger partial charge >= 0.3 is 6.18 Å². The van der Waals surface area contributed by atoms with E-state index in [1.165, 1.54) is 32.0 Å². The van der Waals surface area contributed by atoms with Crippen LogP contribution in [-0.4, -0.2) is 32.9 Å². The molecule has 156 valence electrons. The van der Waals surface area contributed by atoms with Crippen LogP contribution in [0.4, 0.5) is 22.0 Å². The Hall–Kier alpha value is -2.56. The number of hydrogen-bond acceptors (Lipinski definition) is 4. The number of halogens is 5. The number of rotatable bonds is 4. The number of para-hydroxylation sites is 1. The van der Waals surface area contributed by atoms with E-state index in [0.717, 1.165) is 6.07 Å². The highest BCUT2D eigenvalue weighted by molar-refractivity contribution is 5.85. The summed E-state index contributed by atoms with van der Waals surface area (Å²) >= 11 is 0. The van der Waals surface area contributed by atoms with E-state index in [1.807, 2.05) is 0 Å². The van der Waals surface area contributed by atoms with Gasteiger partial charge in [0, 0.05) is 17.5 Å². The molecule has 10 heteroatoms. The van der Waals surface area contributed by atoms with Crippen LogP contribution in [0.2, 0.25) is 0 Å². The van der Waals surface area contributed by atoms with Gasteiger partial charge in [-0.25, -0.2) is 13.8 Å². The zero-order chi connectivity index (χ0) is 21.8. The molecule has 0 fully saturated rings. The van der Waals surface area contributed by atoms with Crippen molar-refractivity contribution in [2.45, 2.75) is 31.2 Å². The van der Waals surface area contributed by atoms with Gasteiger partial charge in [-0.2, -0.15) is 13.2 Å². The fourth-order valence-electron chi connectivity index (χ4n) is 2.98. The number of benzene rings is 1. The zero-order valence-corrected chi connectivity index (χ0v) is 15.4. The minimum atomic E-state index is -5.22.